The van der Waals surface area contributed by atoms with Gasteiger partial charge in [0.2, 0.25) is 0 Å². The third kappa shape index (κ3) is 4.56. The molecule has 0 saturated carbocycles. The van der Waals surface area contributed by atoms with Gasteiger partial charge in [0.05, 0.1) is 0 Å². The summed E-state index contributed by atoms with van der Waals surface area (Å²) in [6.45, 7) is 0.765. The molecule has 0 bridgehead atoms. The molecule has 1 nitrogen and oxygen atoms in total. The molecule has 5 heteroatoms. The Bertz CT molecular complexity index is 311. The molecule has 0 fully saturated rings. The second-order valence-electron chi connectivity index (χ2n) is 4.05. The second-order valence-corrected chi connectivity index (χ2v) is 8.19. The van der Waals surface area contributed by atoms with E-state index in [1.165, 1.54) is 12.1 Å². The first-order valence-electron chi connectivity index (χ1n) is 4.52. The molecule has 0 amide bonds. The van der Waals surface area contributed by atoms with Gasteiger partial charge >= 0.3 is 95.6 Å². The minimum atomic E-state index is -4.51. The average molecular weight is 284 g/mol. The van der Waals surface area contributed by atoms with Crippen LogP contribution in [0.15, 0.2) is 30.3 Å². The molecule has 0 aliphatic rings. The van der Waals surface area contributed by atoms with Gasteiger partial charge in [0.1, 0.15) is 0 Å². The molecule has 0 saturated heterocycles. The van der Waals surface area contributed by atoms with Crippen molar-refractivity contribution in [2.24, 2.45) is 0 Å². The SMILES string of the molecule is CC(C)(C)[O][Cu][PH](F)(F)c1ccccc1. The van der Waals surface area contributed by atoms with E-state index >= 15 is 0 Å². The normalized spacial score (nSPS) is 14.2. The Kier molecular flexibility index (Phi) is 4.25. The fourth-order valence-electron chi connectivity index (χ4n) is 0.781. The van der Waals surface area contributed by atoms with Crippen molar-refractivity contribution >= 4 is 11.9 Å². The van der Waals surface area contributed by atoms with Crippen LogP contribution in [0.5, 0.6) is 0 Å². The fraction of sp³-hybridized carbons (Fsp3) is 0.400. The van der Waals surface area contributed by atoms with Crippen molar-refractivity contribution in [2.45, 2.75) is 26.4 Å². The fourth-order valence-corrected chi connectivity index (χ4v) is 3.69. The molecule has 0 radical (unpaired) electrons. The molecule has 91 valence electrons. The van der Waals surface area contributed by atoms with Crippen molar-refractivity contribution < 1.29 is 27.1 Å². The zero-order chi connectivity index (χ0) is 11.5. The van der Waals surface area contributed by atoms with Crippen molar-refractivity contribution in [1.82, 2.24) is 0 Å². The van der Waals surface area contributed by atoms with Gasteiger partial charge < -0.3 is 0 Å². The summed E-state index contributed by atoms with van der Waals surface area (Å²) in [5.74, 6) is 0. The van der Waals surface area contributed by atoms with Gasteiger partial charge in [-0.15, -0.1) is 0 Å². The Morgan fingerprint density at radius 1 is 1.13 bits per heavy atom. The Morgan fingerprint density at radius 2 is 1.67 bits per heavy atom. The van der Waals surface area contributed by atoms with Gasteiger partial charge in [-0.05, 0) is 0 Å². The first-order valence-corrected chi connectivity index (χ1v) is 7.87. The molecule has 1 aromatic rings. The zero-order valence-electron chi connectivity index (χ0n) is 8.85. The van der Waals surface area contributed by atoms with Crippen LogP contribution in [-0.4, -0.2) is 5.60 Å². The third-order valence-electron chi connectivity index (χ3n) is 1.37. The monoisotopic (exact) mass is 283 g/mol. The van der Waals surface area contributed by atoms with Crippen molar-refractivity contribution in [3.05, 3.63) is 30.3 Å². The predicted molar refractivity (Wildman–Crippen MR) is 57.4 cm³/mol. The standard InChI is InChI=1S/C6H5F2P.C4H9O.Cu/c7-9(8)6-4-2-1-3-5-6;1-4(2,3)5;/h1-5H;1-3H3;/q;-1;/p+1. The van der Waals surface area contributed by atoms with Crippen LogP contribution in [0.2, 0.25) is 0 Å². The molecule has 0 spiro atoms. The Balaban J connectivity index is 2.68. The Morgan fingerprint density at radius 3 is 2.13 bits per heavy atom. The van der Waals surface area contributed by atoms with Crippen LogP contribution in [0.25, 0.3) is 0 Å². The third-order valence-corrected chi connectivity index (χ3v) is 4.94. The first kappa shape index (κ1) is 13.1. The van der Waals surface area contributed by atoms with Crippen LogP contribution in [0.1, 0.15) is 20.8 Å². The summed E-state index contributed by atoms with van der Waals surface area (Å²) < 4.78 is 32.4. The van der Waals surface area contributed by atoms with Crippen molar-refractivity contribution in [1.29, 1.82) is 0 Å². The molecule has 1 rings (SSSR count). The zero-order valence-corrected chi connectivity index (χ0v) is 10.8. The number of halogens is 2. The van der Waals surface area contributed by atoms with Gasteiger partial charge in [-0.2, -0.15) is 0 Å². The first-order chi connectivity index (χ1) is 6.81. The second kappa shape index (κ2) is 4.88. The quantitative estimate of drug-likeness (QED) is 0.609. The van der Waals surface area contributed by atoms with Crippen LogP contribution in [0, 0.1) is 0 Å². The molecule has 0 N–H and O–H groups in total. The van der Waals surface area contributed by atoms with Crippen molar-refractivity contribution in [3.63, 3.8) is 0 Å². The van der Waals surface area contributed by atoms with Gasteiger partial charge in [0, 0.05) is 0 Å². The molecule has 0 heterocycles. The van der Waals surface area contributed by atoms with Gasteiger partial charge in [-0.25, -0.2) is 0 Å². The van der Waals surface area contributed by atoms with E-state index in [2.05, 4.69) is 0 Å². The maximum atomic E-state index is 13.7. The van der Waals surface area contributed by atoms with Crippen LogP contribution < -0.4 is 5.30 Å². The van der Waals surface area contributed by atoms with Crippen LogP contribution in [0.4, 0.5) is 8.39 Å². The Hall–Kier alpha value is -0.0105. The molecular formula is C10H15CuF2OP. The van der Waals surface area contributed by atoms with Gasteiger partial charge in [-0.1, -0.05) is 0 Å². The summed E-state index contributed by atoms with van der Waals surface area (Å²) in [6, 6.07) is 7.85. The van der Waals surface area contributed by atoms with Crippen molar-refractivity contribution in [2.75, 3.05) is 0 Å². The molecular weight excluding hydrogens is 269 g/mol. The summed E-state index contributed by atoms with van der Waals surface area (Å²) >= 11 is 0.443. The molecule has 0 unspecified atom stereocenters. The minimum absolute atomic E-state index is 0.0919. The van der Waals surface area contributed by atoms with Crippen LogP contribution >= 0.6 is 6.57 Å². The number of hydrogen-bond acceptors (Lipinski definition) is 1. The van der Waals surface area contributed by atoms with E-state index in [1.807, 2.05) is 0 Å². The molecule has 0 aliphatic heterocycles. The summed E-state index contributed by atoms with van der Waals surface area (Å²) in [5.41, 5.74) is -0.550. The summed E-state index contributed by atoms with van der Waals surface area (Å²) in [5, 5.41) is 0.0919. The number of hydrogen-bond donors (Lipinski definition) is 0. The predicted octanol–water partition coefficient (Wildman–Crippen LogP) is 3.56. The summed E-state index contributed by atoms with van der Waals surface area (Å²) in [6.07, 6.45) is 0. The van der Waals surface area contributed by atoms with Crippen molar-refractivity contribution in [3.8, 4) is 0 Å². The summed E-state index contributed by atoms with van der Waals surface area (Å²) in [4.78, 5) is 0. The number of benzene rings is 1. The van der Waals surface area contributed by atoms with E-state index in [0.717, 1.165) is 0 Å². The number of rotatable bonds is 3. The van der Waals surface area contributed by atoms with Crippen LogP contribution in [0.3, 0.4) is 0 Å². The molecule has 15 heavy (non-hydrogen) atoms. The average Bonchev–Trinajstić information content (AvgIpc) is 2.16. The molecule has 0 aromatic heterocycles. The van der Waals surface area contributed by atoms with Crippen LogP contribution in [-0.2, 0) is 18.7 Å². The molecule has 0 aliphatic carbocycles. The van der Waals surface area contributed by atoms with E-state index < -0.39 is 12.2 Å². The van der Waals surface area contributed by atoms with E-state index in [0.29, 0.717) is 14.8 Å². The van der Waals surface area contributed by atoms with E-state index in [9.17, 15) is 8.39 Å². The molecule has 0 atom stereocenters. The Labute approximate surface area is 95.9 Å². The van der Waals surface area contributed by atoms with E-state index in [1.54, 1.807) is 39.0 Å². The maximum absolute atomic E-state index is 13.7. The van der Waals surface area contributed by atoms with Gasteiger partial charge in [0.25, 0.3) is 0 Å². The topological polar surface area (TPSA) is 9.23 Å². The van der Waals surface area contributed by atoms with E-state index in [4.69, 9.17) is 3.82 Å². The molecule has 1 aromatic carbocycles. The summed E-state index contributed by atoms with van der Waals surface area (Å²) in [7, 11) is 0. The van der Waals surface area contributed by atoms with Gasteiger partial charge in [0.15, 0.2) is 0 Å². The van der Waals surface area contributed by atoms with E-state index in [-0.39, 0.29) is 5.30 Å². The van der Waals surface area contributed by atoms with Gasteiger partial charge in [-0.3, -0.25) is 0 Å².